The first-order valence-electron chi connectivity index (χ1n) is 7.86. The van der Waals surface area contributed by atoms with Crippen LogP contribution in [0.25, 0.3) is 0 Å². The molecule has 0 amide bonds. The summed E-state index contributed by atoms with van der Waals surface area (Å²) in [6, 6.07) is 4.34. The van der Waals surface area contributed by atoms with Gasteiger partial charge in [-0.1, -0.05) is 6.92 Å². The Labute approximate surface area is 131 Å². The zero-order valence-electron chi connectivity index (χ0n) is 13.2. The highest BCUT2D eigenvalue weighted by Crippen LogP contribution is 2.19. The number of nitrogens with zero attached hydrogens (tertiary/aromatic N) is 5. The van der Waals surface area contributed by atoms with Crippen molar-refractivity contribution in [3.8, 4) is 0 Å². The van der Waals surface area contributed by atoms with Gasteiger partial charge in [-0.05, 0) is 32.3 Å². The third-order valence-corrected chi connectivity index (χ3v) is 3.94. The summed E-state index contributed by atoms with van der Waals surface area (Å²) >= 11 is 0. The number of hydrogen-bond donors (Lipinski definition) is 1. The maximum atomic E-state index is 4.43. The summed E-state index contributed by atoms with van der Waals surface area (Å²) in [5.74, 6) is 1.73. The minimum absolute atomic E-state index is 0.343. The molecule has 3 rings (SSSR count). The Morgan fingerprint density at radius 2 is 2.23 bits per heavy atom. The van der Waals surface area contributed by atoms with E-state index in [4.69, 9.17) is 0 Å². The zero-order valence-corrected chi connectivity index (χ0v) is 13.2. The second kappa shape index (κ2) is 6.68. The van der Waals surface area contributed by atoms with Gasteiger partial charge in [0.25, 0.3) is 0 Å². The highest BCUT2D eigenvalue weighted by atomic mass is 15.2. The fourth-order valence-electron chi connectivity index (χ4n) is 2.76. The van der Waals surface area contributed by atoms with Gasteiger partial charge in [-0.25, -0.2) is 19.9 Å². The molecule has 0 bridgehead atoms. The van der Waals surface area contributed by atoms with Crippen molar-refractivity contribution in [3.63, 3.8) is 0 Å². The summed E-state index contributed by atoms with van der Waals surface area (Å²) in [7, 11) is 0. The molecule has 1 fully saturated rings. The van der Waals surface area contributed by atoms with Crippen LogP contribution in [-0.4, -0.2) is 39.1 Å². The van der Waals surface area contributed by atoms with Gasteiger partial charge in [0.1, 0.15) is 12.1 Å². The Morgan fingerprint density at radius 3 is 3.05 bits per heavy atom. The van der Waals surface area contributed by atoms with Gasteiger partial charge in [0.2, 0.25) is 5.95 Å². The van der Waals surface area contributed by atoms with Crippen molar-refractivity contribution in [2.75, 3.05) is 23.3 Å². The molecule has 6 heteroatoms. The van der Waals surface area contributed by atoms with Crippen molar-refractivity contribution in [1.29, 1.82) is 0 Å². The van der Waals surface area contributed by atoms with Crippen molar-refractivity contribution in [2.45, 2.75) is 39.2 Å². The van der Waals surface area contributed by atoms with E-state index in [9.17, 15) is 0 Å². The van der Waals surface area contributed by atoms with E-state index in [1.165, 1.54) is 0 Å². The molecule has 0 spiro atoms. The normalized spacial score (nSPS) is 18.3. The minimum Gasteiger partial charge on any atom is -0.354 e. The Balaban J connectivity index is 1.68. The molecule has 1 unspecified atom stereocenters. The molecule has 6 nitrogen and oxygen atoms in total. The highest BCUT2D eigenvalue weighted by Gasteiger charge is 2.21. The largest absolute Gasteiger partial charge is 0.354 e. The van der Waals surface area contributed by atoms with Crippen LogP contribution in [0.1, 0.15) is 31.2 Å². The van der Waals surface area contributed by atoms with E-state index in [-0.39, 0.29) is 0 Å². The van der Waals surface area contributed by atoms with Crippen LogP contribution in [0.4, 0.5) is 11.8 Å². The molecule has 0 saturated carbocycles. The fourth-order valence-corrected chi connectivity index (χ4v) is 2.76. The summed E-state index contributed by atoms with van der Waals surface area (Å²) in [6.45, 7) is 6.04. The zero-order chi connectivity index (χ0) is 15.4. The summed E-state index contributed by atoms with van der Waals surface area (Å²) in [6.07, 6.45) is 6.65. The molecule has 1 atom stereocenters. The van der Waals surface area contributed by atoms with E-state index < -0.39 is 0 Å². The molecule has 0 aliphatic carbocycles. The average molecular weight is 298 g/mol. The SMILES string of the molecule is CCc1cc(N2CCCC(Nc3nccc(C)n3)C2)ncn1. The summed E-state index contributed by atoms with van der Waals surface area (Å²) < 4.78 is 0. The van der Waals surface area contributed by atoms with Gasteiger partial charge < -0.3 is 10.2 Å². The Morgan fingerprint density at radius 1 is 1.32 bits per heavy atom. The first-order chi connectivity index (χ1) is 10.7. The molecule has 2 aromatic rings. The van der Waals surface area contributed by atoms with Crippen LogP contribution < -0.4 is 10.2 Å². The molecule has 1 aliphatic rings. The number of piperidine rings is 1. The molecule has 3 heterocycles. The predicted molar refractivity (Wildman–Crippen MR) is 87.0 cm³/mol. The quantitative estimate of drug-likeness (QED) is 0.933. The van der Waals surface area contributed by atoms with Crippen molar-refractivity contribution in [3.05, 3.63) is 36.0 Å². The first kappa shape index (κ1) is 14.7. The van der Waals surface area contributed by atoms with Gasteiger partial charge in [0.05, 0.1) is 0 Å². The topological polar surface area (TPSA) is 66.8 Å². The first-order valence-corrected chi connectivity index (χ1v) is 7.86. The maximum absolute atomic E-state index is 4.43. The van der Waals surface area contributed by atoms with E-state index in [0.717, 1.165) is 49.6 Å². The lowest BCUT2D eigenvalue weighted by Gasteiger charge is -2.34. The third-order valence-electron chi connectivity index (χ3n) is 3.94. The summed E-state index contributed by atoms with van der Waals surface area (Å²) in [4.78, 5) is 19.7. The molecule has 116 valence electrons. The van der Waals surface area contributed by atoms with E-state index >= 15 is 0 Å². The molecule has 22 heavy (non-hydrogen) atoms. The van der Waals surface area contributed by atoms with Crippen molar-refractivity contribution >= 4 is 11.8 Å². The van der Waals surface area contributed by atoms with Crippen LogP contribution in [0.5, 0.6) is 0 Å². The van der Waals surface area contributed by atoms with Gasteiger partial charge in [-0.15, -0.1) is 0 Å². The van der Waals surface area contributed by atoms with E-state index in [1.54, 1.807) is 12.5 Å². The lowest BCUT2D eigenvalue weighted by atomic mass is 10.1. The van der Waals surface area contributed by atoms with Gasteiger partial charge >= 0.3 is 0 Å². The predicted octanol–water partition coefficient (Wildman–Crippen LogP) is 2.22. The lowest BCUT2D eigenvalue weighted by Crippen LogP contribution is -2.42. The minimum atomic E-state index is 0.343. The maximum Gasteiger partial charge on any atom is 0.223 e. The monoisotopic (exact) mass is 298 g/mol. The fraction of sp³-hybridized carbons (Fsp3) is 0.500. The molecule has 2 aromatic heterocycles. The molecule has 1 aliphatic heterocycles. The Hall–Kier alpha value is -2.24. The van der Waals surface area contributed by atoms with Crippen LogP contribution in [0.3, 0.4) is 0 Å². The number of aryl methyl sites for hydroxylation is 2. The van der Waals surface area contributed by atoms with Gasteiger partial charge in [-0.3, -0.25) is 0 Å². The second-order valence-electron chi connectivity index (χ2n) is 5.67. The summed E-state index contributed by atoms with van der Waals surface area (Å²) in [5.41, 5.74) is 2.07. The highest BCUT2D eigenvalue weighted by molar-refractivity contribution is 5.41. The average Bonchev–Trinajstić information content (AvgIpc) is 2.55. The van der Waals surface area contributed by atoms with Gasteiger partial charge in [0, 0.05) is 42.8 Å². The molecule has 0 aromatic carbocycles. The molecule has 0 radical (unpaired) electrons. The van der Waals surface area contributed by atoms with E-state index in [2.05, 4.69) is 43.1 Å². The second-order valence-corrected chi connectivity index (χ2v) is 5.67. The standard InChI is InChI=1S/C16H22N6/c1-3-13-9-15(19-11-18-13)22-8-4-5-14(10-22)21-16-17-7-6-12(2)20-16/h6-7,9,11,14H,3-5,8,10H2,1-2H3,(H,17,20,21). The number of anilines is 2. The van der Waals surface area contributed by atoms with E-state index in [1.807, 2.05) is 13.0 Å². The Kier molecular flexibility index (Phi) is 4.46. The van der Waals surface area contributed by atoms with Crippen LogP contribution in [0, 0.1) is 6.92 Å². The Bertz CT molecular complexity index is 630. The number of nitrogens with one attached hydrogen (secondary N) is 1. The number of rotatable bonds is 4. The van der Waals surface area contributed by atoms with Crippen LogP contribution in [0.15, 0.2) is 24.7 Å². The molecule has 1 saturated heterocycles. The molecular weight excluding hydrogens is 276 g/mol. The van der Waals surface area contributed by atoms with Crippen LogP contribution in [-0.2, 0) is 6.42 Å². The molecular formula is C16H22N6. The van der Waals surface area contributed by atoms with Crippen molar-refractivity contribution in [1.82, 2.24) is 19.9 Å². The smallest absolute Gasteiger partial charge is 0.223 e. The van der Waals surface area contributed by atoms with Crippen molar-refractivity contribution in [2.24, 2.45) is 0 Å². The van der Waals surface area contributed by atoms with Gasteiger partial charge in [0.15, 0.2) is 0 Å². The lowest BCUT2D eigenvalue weighted by molar-refractivity contribution is 0.523. The summed E-state index contributed by atoms with van der Waals surface area (Å²) in [5, 5.41) is 3.44. The number of hydrogen-bond acceptors (Lipinski definition) is 6. The van der Waals surface area contributed by atoms with Gasteiger partial charge in [-0.2, -0.15) is 0 Å². The van der Waals surface area contributed by atoms with Crippen LogP contribution >= 0.6 is 0 Å². The third kappa shape index (κ3) is 3.50. The van der Waals surface area contributed by atoms with Crippen LogP contribution in [0.2, 0.25) is 0 Å². The number of aromatic nitrogens is 4. The van der Waals surface area contributed by atoms with Crippen molar-refractivity contribution < 1.29 is 0 Å². The van der Waals surface area contributed by atoms with E-state index in [0.29, 0.717) is 12.0 Å². The molecule has 1 N–H and O–H groups in total.